The van der Waals surface area contributed by atoms with Gasteiger partial charge < -0.3 is 20.2 Å². The maximum atomic E-state index is 12.3. The van der Waals surface area contributed by atoms with E-state index in [1.165, 1.54) is 0 Å². The average Bonchev–Trinajstić information content (AvgIpc) is 2.92. The summed E-state index contributed by atoms with van der Waals surface area (Å²) in [7, 11) is 0. The third-order valence-corrected chi connectivity index (χ3v) is 4.19. The first-order chi connectivity index (χ1) is 12.2. The number of aryl methyl sites for hydroxylation is 2. The van der Waals surface area contributed by atoms with Gasteiger partial charge in [0.25, 0.3) is 0 Å². The number of aromatic amines is 1. The molecule has 8 nitrogen and oxygen atoms in total. The zero-order chi connectivity index (χ0) is 17.2. The van der Waals surface area contributed by atoms with Crippen LogP contribution in [-0.4, -0.2) is 32.7 Å². The molecule has 1 aliphatic heterocycles. The molecule has 3 heterocycles. The highest BCUT2D eigenvalue weighted by molar-refractivity contribution is 5.81. The van der Waals surface area contributed by atoms with Crippen molar-refractivity contribution in [2.45, 2.75) is 25.8 Å². The van der Waals surface area contributed by atoms with Crippen LogP contribution in [0.3, 0.4) is 0 Å². The Morgan fingerprint density at radius 2 is 2.00 bits per heavy atom. The van der Waals surface area contributed by atoms with Gasteiger partial charge in [0.15, 0.2) is 11.5 Å². The van der Waals surface area contributed by atoms with Crippen molar-refractivity contribution in [1.29, 1.82) is 0 Å². The molecule has 0 amide bonds. The van der Waals surface area contributed by atoms with Gasteiger partial charge in [-0.3, -0.25) is 4.57 Å². The molecule has 0 atom stereocenters. The Morgan fingerprint density at radius 3 is 2.88 bits per heavy atom. The van der Waals surface area contributed by atoms with Gasteiger partial charge in [-0.2, -0.15) is 9.97 Å². The highest BCUT2D eigenvalue weighted by Gasteiger charge is 2.15. The lowest BCUT2D eigenvalue weighted by Crippen LogP contribution is -2.18. The van der Waals surface area contributed by atoms with Crippen molar-refractivity contribution in [2.75, 3.05) is 18.9 Å². The Hall–Kier alpha value is -3.03. The average molecular weight is 341 g/mol. The van der Waals surface area contributed by atoms with Gasteiger partial charge in [0.1, 0.15) is 11.3 Å². The first kappa shape index (κ1) is 15.5. The minimum Gasteiger partial charge on any atom is -0.494 e. The SMILES string of the molecule is Nc1nc2nc3c1[nH]c(=O)n3CCc1cccc(c1)OCCCCO2. The van der Waals surface area contributed by atoms with E-state index in [4.69, 9.17) is 15.2 Å². The third kappa shape index (κ3) is 3.15. The fourth-order valence-corrected chi connectivity index (χ4v) is 2.89. The summed E-state index contributed by atoms with van der Waals surface area (Å²) in [6, 6.07) is 8.11. The van der Waals surface area contributed by atoms with Gasteiger partial charge in [-0.1, -0.05) is 12.1 Å². The molecule has 3 aromatic rings. The van der Waals surface area contributed by atoms with Crippen LogP contribution < -0.4 is 20.9 Å². The second-order valence-corrected chi connectivity index (χ2v) is 5.97. The summed E-state index contributed by atoms with van der Waals surface area (Å²) in [5.74, 6) is 1.05. The van der Waals surface area contributed by atoms with Crippen molar-refractivity contribution in [1.82, 2.24) is 19.5 Å². The molecule has 0 radical (unpaired) electrons. The quantitative estimate of drug-likeness (QED) is 0.641. The number of rotatable bonds is 0. The highest BCUT2D eigenvalue weighted by Crippen LogP contribution is 2.19. The molecule has 0 spiro atoms. The standard InChI is InChI=1S/C17H19N5O3/c18-14-13-15-21-16(20-14)25-9-2-1-8-24-12-5-3-4-11(10-12)6-7-22(15)17(23)19-13/h3-5,10H,1-2,6-9H2,(H,19,23)(H2,18,20,21). The maximum Gasteiger partial charge on any atom is 0.327 e. The van der Waals surface area contributed by atoms with Gasteiger partial charge in [0.2, 0.25) is 0 Å². The van der Waals surface area contributed by atoms with Crippen LogP contribution in [0.1, 0.15) is 18.4 Å². The Kier molecular flexibility index (Phi) is 4.01. The first-order valence-corrected chi connectivity index (χ1v) is 8.31. The van der Waals surface area contributed by atoms with Gasteiger partial charge in [-0.25, -0.2) is 4.79 Å². The van der Waals surface area contributed by atoms with Crippen molar-refractivity contribution in [3.8, 4) is 11.8 Å². The topological polar surface area (TPSA) is 108 Å². The van der Waals surface area contributed by atoms with Gasteiger partial charge in [-0.15, -0.1) is 0 Å². The minimum absolute atomic E-state index is 0.189. The summed E-state index contributed by atoms with van der Waals surface area (Å²) >= 11 is 0. The van der Waals surface area contributed by atoms with Gasteiger partial charge >= 0.3 is 11.7 Å². The smallest absolute Gasteiger partial charge is 0.327 e. The Morgan fingerprint density at radius 1 is 1.16 bits per heavy atom. The van der Waals surface area contributed by atoms with Crippen LogP contribution in [-0.2, 0) is 13.0 Å². The van der Waals surface area contributed by atoms with E-state index in [1.54, 1.807) is 4.57 Å². The predicted octanol–water partition coefficient (Wildman–Crippen LogP) is 1.50. The number of anilines is 1. The van der Waals surface area contributed by atoms with Crippen LogP contribution in [0.2, 0.25) is 0 Å². The fourth-order valence-electron chi connectivity index (χ4n) is 2.89. The molecular weight excluding hydrogens is 322 g/mol. The first-order valence-electron chi connectivity index (χ1n) is 8.31. The molecule has 3 N–H and O–H groups in total. The molecule has 4 rings (SSSR count). The van der Waals surface area contributed by atoms with Crippen molar-refractivity contribution in [3.63, 3.8) is 0 Å². The Bertz CT molecular complexity index is 963. The molecule has 0 saturated carbocycles. The van der Waals surface area contributed by atoms with Crippen molar-refractivity contribution in [3.05, 3.63) is 40.3 Å². The molecule has 0 aliphatic carbocycles. The lowest BCUT2D eigenvalue weighted by Gasteiger charge is -2.08. The summed E-state index contributed by atoms with van der Waals surface area (Å²) in [4.78, 5) is 23.5. The molecule has 2 aromatic heterocycles. The number of imidazole rings is 1. The van der Waals surface area contributed by atoms with Crippen LogP contribution in [0.15, 0.2) is 29.1 Å². The molecule has 8 heteroatoms. The van der Waals surface area contributed by atoms with Gasteiger partial charge in [0.05, 0.1) is 13.2 Å². The largest absolute Gasteiger partial charge is 0.494 e. The number of fused-ring (bicyclic) bond motifs is 3. The predicted molar refractivity (Wildman–Crippen MR) is 92.9 cm³/mol. The van der Waals surface area contributed by atoms with E-state index in [2.05, 4.69) is 15.0 Å². The summed E-state index contributed by atoms with van der Waals surface area (Å²) in [5, 5.41) is 0. The molecule has 4 bridgehead atoms. The van der Waals surface area contributed by atoms with Crippen LogP contribution in [0.25, 0.3) is 11.2 Å². The zero-order valence-corrected chi connectivity index (χ0v) is 13.7. The number of aromatic nitrogens is 4. The third-order valence-electron chi connectivity index (χ3n) is 4.19. The molecule has 0 saturated heterocycles. The van der Waals surface area contributed by atoms with E-state index >= 15 is 0 Å². The summed E-state index contributed by atoms with van der Waals surface area (Å²) in [6.45, 7) is 1.55. The Balaban J connectivity index is 1.76. The number of benzene rings is 1. The Labute approximate surface area is 143 Å². The minimum atomic E-state index is -0.259. The maximum absolute atomic E-state index is 12.3. The van der Waals surface area contributed by atoms with E-state index in [9.17, 15) is 4.79 Å². The normalized spacial score (nSPS) is 15.2. The monoisotopic (exact) mass is 341 g/mol. The number of nitrogens with two attached hydrogens (primary N) is 1. The summed E-state index contributed by atoms with van der Waals surface area (Å²) < 4.78 is 12.9. The van der Waals surface area contributed by atoms with Gasteiger partial charge in [0, 0.05) is 6.54 Å². The number of nitrogen functional groups attached to an aromatic ring is 1. The van der Waals surface area contributed by atoms with Gasteiger partial charge in [-0.05, 0) is 37.0 Å². The van der Waals surface area contributed by atoms with Crippen molar-refractivity contribution < 1.29 is 9.47 Å². The fraction of sp³-hybridized carbons (Fsp3) is 0.353. The van der Waals surface area contributed by atoms with Crippen LogP contribution in [0, 0.1) is 0 Å². The number of hydrogen-bond acceptors (Lipinski definition) is 6. The molecule has 25 heavy (non-hydrogen) atoms. The number of hydrogen-bond donors (Lipinski definition) is 2. The number of ether oxygens (including phenoxy) is 2. The molecule has 1 aromatic carbocycles. The summed E-state index contributed by atoms with van der Waals surface area (Å²) in [6.07, 6.45) is 2.34. The van der Waals surface area contributed by atoms with E-state index < -0.39 is 0 Å². The molecule has 0 fully saturated rings. The second kappa shape index (κ2) is 6.46. The van der Waals surface area contributed by atoms with Crippen molar-refractivity contribution >= 4 is 17.0 Å². The van der Waals surface area contributed by atoms with Crippen LogP contribution in [0.5, 0.6) is 11.8 Å². The van der Waals surface area contributed by atoms with Crippen LogP contribution in [0.4, 0.5) is 5.82 Å². The second-order valence-electron chi connectivity index (χ2n) is 5.97. The molecule has 130 valence electrons. The van der Waals surface area contributed by atoms with E-state index in [1.807, 2.05) is 24.3 Å². The zero-order valence-electron chi connectivity index (χ0n) is 13.7. The molecular formula is C17H19N5O3. The molecule has 0 unspecified atom stereocenters. The van der Waals surface area contributed by atoms with E-state index in [0.29, 0.717) is 37.3 Å². The number of H-pyrrole nitrogens is 1. The number of nitrogens with zero attached hydrogens (tertiary/aromatic N) is 3. The lowest BCUT2D eigenvalue weighted by atomic mass is 10.1. The number of nitrogens with one attached hydrogen (secondary N) is 1. The van der Waals surface area contributed by atoms with Crippen LogP contribution >= 0.6 is 0 Å². The van der Waals surface area contributed by atoms with E-state index in [-0.39, 0.29) is 17.5 Å². The highest BCUT2D eigenvalue weighted by atomic mass is 16.5. The lowest BCUT2D eigenvalue weighted by molar-refractivity contribution is 0.255. The van der Waals surface area contributed by atoms with E-state index in [0.717, 1.165) is 24.2 Å². The summed E-state index contributed by atoms with van der Waals surface area (Å²) in [5.41, 5.74) is 7.69. The molecule has 1 aliphatic rings. The van der Waals surface area contributed by atoms with Crippen molar-refractivity contribution in [2.24, 2.45) is 0 Å².